The van der Waals surface area contributed by atoms with Crippen LogP contribution in [-0.4, -0.2) is 16.1 Å². The SMILES string of the molecule is CCC(C#N)C(=O)NCc1cccnn1. The number of amides is 1. The molecule has 0 aromatic carbocycles. The minimum Gasteiger partial charge on any atom is -0.349 e. The molecule has 0 saturated carbocycles. The Hall–Kier alpha value is -1.96. The van der Waals surface area contributed by atoms with Crippen molar-refractivity contribution in [3.63, 3.8) is 0 Å². The summed E-state index contributed by atoms with van der Waals surface area (Å²) in [6.45, 7) is 2.11. The fraction of sp³-hybridized carbons (Fsp3) is 0.400. The molecule has 5 nitrogen and oxygen atoms in total. The second-order valence-electron chi connectivity index (χ2n) is 3.02. The molecule has 78 valence electrons. The lowest BCUT2D eigenvalue weighted by Gasteiger charge is -2.06. The Labute approximate surface area is 88.1 Å². The van der Waals surface area contributed by atoms with Crippen LogP contribution in [-0.2, 0) is 11.3 Å². The van der Waals surface area contributed by atoms with Crippen molar-refractivity contribution in [3.05, 3.63) is 24.0 Å². The Morgan fingerprint density at radius 1 is 1.73 bits per heavy atom. The number of hydrogen-bond donors (Lipinski definition) is 1. The lowest BCUT2D eigenvalue weighted by molar-refractivity contribution is -0.123. The molecule has 1 aromatic rings. The first-order valence-corrected chi connectivity index (χ1v) is 4.71. The van der Waals surface area contributed by atoms with Crippen LogP contribution in [0.4, 0.5) is 0 Å². The number of carbonyl (C=O) groups excluding carboxylic acids is 1. The number of hydrogen-bond acceptors (Lipinski definition) is 4. The van der Waals surface area contributed by atoms with Crippen molar-refractivity contribution in [2.75, 3.05) is 0 Å². The summed E-state index contributed by atoms with van der Waals surface area (Å²) in [6.07, 6.45) is 2.08. The van der Waals surface area contributed by atoms with Gasteiger partial charge in [-0.2, -0.15) is 15.5 Å². The summed E-state index contributed by atoms with van der Waals surface area (Å²) in [4.78, 5) is 11.4. The molecule has 1 atom stereocenters. The van der Waals surface area contributed by atoms with Gasteiger partial charge in [0.25, 0.3) is 0 Å². The van der Waals surface area contributed by atoms with Crippen LogP contribution in [0.5, 0.6) is 0 Å². The summed E-state index contributed by atoms with van der Waals surface area (Å²) in [5, 5.41) is 18.8. The van der Waals surface area contributed by atoms with Crippen molar-refractivity contribution in [1.29, 1.82) is 5.26 Å². The maximum Gasteiger partial charge on any atom is 0.237 e. The quantitative estimate of drug-likeness (QED) is 0.780. The van der Waals surface area contributed by atoms with E-state index in [1.165, 1.54) is 0 Å². The maximum absolute atomic E-state index is 11.4. The molecule has 1 aromatic heterocycles. The molecule has 0 aliphatic rings. The van der Waals surface area contributed by atoms with Gasteiger partial charge in [0.15, 0.2) is 0 Å². The van der Waals surface area contributed by atoms with Gasteiger partial charge in [0.2, 0.25) is 5.91 Å². The highest BCUT2D eigenvalue weighted by molar-refractivity contribution is 5.80. The molecule has 0 fully saturated rings. The van der Waals surface area contributed by atoms with Gasteiger partial charge in [0, 0.05) is 6.20 Å². The van der Waals surface area contributed by atoms with E-state index in [0.29, 0.717) is 18.7 Å². The van der Waals surface area contributed by atoms with Crippen LogP contribution >= 0.6 is 0 Å². The maximum atomic E-state index is 11.4. The summed E-state index contributed by atoms with van der Waals surface area (Å²) >= 11 is 0. The summed E-state index contributed by atoms with van der Waals surface area (Å²) in [7, 11) is 0. The Morgan fingerprint density at radius 2 is 2.53 bits per heavy atom. The van der Waals surface area contributed by atoms with Gasteiger partial charge in [0.05, 0.1) is 18.3 Å². The fourth-order valence-electron chi connectivity index (χ4n) is 1.06. The van der Waals surface area contributed by atoms with Crippen molar-refractivity contribution in [3.8, 4) is 6.07 Å². The van der Waals surface area contributed by atoms with Crippen LogP contribution in [0.1, 0.15) is 19.0 Å². The molecule has 1 rings (SSSR count). The van der Waals surface area contributed by atoms with E-state index in [1.807, 2.05) is 6.07 Å². The third kappa shape index (κ3) is 3.35. The van der Waals surface area contributed by atoms with E-state index in [4.69, 9.17) is 5.26 Å². The second kappa shape index (κ2) is 5.70. The third-order valence-electron chi connectivity index (χ3n) is 1.95. The molecule has 0 saturated heterocycles. The predicted octanol–water partition coefficient (Wildman–Crippen LogP) is 0.643. The Morgan fingerprint density at radius 3 is 3.07 bits per heavy atom. The van der Waals surface area contributed by atoms with Crippen LogP contribution in [0.3, 0.4) is 0 Å². The van der Waals surface area contributed by atoms with Gasteiger partial charge < -0.3 is 5.32 Å². The Balaban J connectivity index is 2.45. The number of nitrogens with zero attached hydrogens (tertiary/aromatic N) is 3. The molecule has 1 heterocycles. The van der Waals surface area contributed by atoms with E-state index in [9.17, 15) is 4.79 Å². The lowest BCUT2D eigenvalue weighted by atomic mass is 10.1. The molecule has 0 bridgehead atoms. The van der Waals surface area contributed by atoms with Crippen LogP contribution < -0.4 is 5.32 Å². The Kier molecular flexibility index (Phi) is 4.23. The average Bonchev–Trinajstić information content (AvgIpc) is 2.29. The number of nitrogens with one attached hydrogen (secondary N) is 1. The highest BCUT2D eigenvalue weighted by Gasteiger charge is 2.14. The van der Waals surface area contributed by atoms with Gasteiger partial charge in [-0.25, -0.2) is 0 Å². The fourth-order valence-corrected chi connectivity index (χ4v) is 1.06. The standard InChI is InChI=1S/C10H12N4O/c1-2-8(6-11)10(15)12-7-9-4-3-5-13-14-9/h3-5,8H,2,7H2,1H3,(H,12,15). The smallest absolute Gasteiger partial charge is 0.237 e. The number of nitriles is 1. The molecule has 0 radical (unpaired) electrons. The largest absolute Gasteiger partial charge is 0.349 e. The summed E-state index contributed by atoms with van der Waals surface area (Å²) in [5.41, 5.74) is 0.679. The zero-order valence-electron chi connectivity index (χ0n) is 8.47. The van der Waals surface area contributed by atoms with Gasteiger partial charge in [-0.05, 0) is 18.6 Å². The predicted molar refractivity (Wildman–Crippen MR) is 53.3 cm³/mol. The van der Waals surface area contributed by atoms with Crippen molar-refractivity contribution in [1.82, 2.24) is 15.5 Å². The molecule has 1 unspecified atom stereocenters. The molecule has 1 amide bonds. The molecular weight excluding hydrogens is 192 g/mol. The Bertz CT molecular complexity index is 357. The van der Waals surface area contributed by atoms with Crippen LogP contribution in [0.15, 0.2) is 18.3 Å². The van der Waals surface area contributed by atoms with Gasteiger partial charge in [-0.15, -0.1) is 0 Å². The lowest BCUT2D eigenvalue weighted by Crippen LogP contribution is -2.29. The first kappa shape index (κ1) is 11.1. The van der Waals surface area contributed by atoms with E-state index in [2.05, 4.69) is 15.5 Å². The summed E-state index contributed by atoms with van der Waals surface area (Å²) in [6, 6.07) is 5.45. The summed E-state index contributed by atoms with van der Waals surface area (Å²) < 4.78 is 0. The summed E-state index contributed by atoms with van der Waals surface area (Å²) in [5.74, 6) is -0.840. The van der Waals surface area contributed by atoms with Gasteiger partial charge in [0.1, 0.15) is 5.92 Å². The zero-order chi connectivity index (χ0) is 11.1. The van der Waals surface area contributed by atoms with Crippen LogP contribution in [0.25, 0.3) is 0 Å². The zero-order valence-corrected chi connectivity index (χ0v) is 8.47. The molecule has 5 heteroatoms. The average molecular weight is 204 g/mol. The van der Waals surface area contributed by atoms with Crippen molar-refractivity contribution in [2.45, 2.75) is 19.9 Å². The number of carbonyl (C=O) groups is 1. The highest BCUT2D eigenvalue weighted by atomic mass is 16.1. The van der Waals surface area contributed by atoms with Crippen LogP contribution in [0, 0.1) is 17.2 Å². The molecule has 0 aliphatic heterocycles. The minimum atomic E-state index is -0.582. The van der Waals surface area contributed by atoms with Gasteiger partial charge in [-0.1, -0.05) is 6.92 Å². The minimum absolute atomic E-state index is 0.259. The normalized spacial score (nSPS) is 11.5. The topological polar surface area (TPSA) is 78.7 Å². The van der Waals surface area contributed by atoms with Crippen molar-refractivity contribution >= 4 is 5.91 Å². The monoisotopic (exact) mass is 204 g/mol. The first-order valence-electron chi connectivity index (χ1n) is 4.71. The molecule has 1 N–H and O–H groups in total. The van der Waals surface area contributed by atoms with E-state index < -0.39 is 5.92 Å². The van der Waals surface area contributed by atoms with Gasteiger partial charge in [-0.3, -0.25) is 4.79 Å². The van der Waals surface area contributed by atoms with E-state index in [-0.39, 0.29) is 5.91 Å². The van der Waals surface area contributed by atoms with Crippen LogP contribution in [0.2, 0.25) is 0 Å². The molecular formula is C10H12N4O. The van der Waals surface area contributed by atoms with E-state index in [0.717, 1.165) is 0 Å². The second-order valence-corrected chi connectivity index (χ2v) is 3.02. The van der Waals surface area contributed by atoms with E-state index in [1.54, 1.807) is 25.3 Å². The molecule has 0 spiro atoms. The third-order valence-corrected chi connectivity index (χ3v) is 1.95. The van der Waals surface area contributed by atoms with E-state index >= 15 is 0 Å². The number of rotatable bonds is 4. The van der Waals surface area contributed by atoms with Crippen molar-refractivity contribution < 1.29 is 4.79 Å². The van der Waals surface area contributed by atoms with Gasteiger partial charge >= 0.3 is 0 Å². The van der Waals surface area contributed by atoms with Crippen molar-refractivity contribution in [2.24, 2.45) is 5.92 Å². The number of aromatic nitrogens is 2. The first-order chi connectivity index (χ1) is 7.27. The molecule has 0 aliphatic carbocycles. The highest BCUT2D eigenvalue weighted by Crippen LogP contribution is 2.00. The molecule has 15 heavy (non-hydrogen) atoms.